The number of hydrogen-bond donors (Lipinski definition) is 2. The summed E-state index contributed by atoms with van der Waals surface area (Å²) in [4.78, 5) is 0. The summed E-state index contributed by atoms with van der Waals surface area (Å²) < 4.78 is 10.9. The molecule has 1 aromatic carbocycles. The van der Waals surface area contributed by atoms with E-state index in [2.05, 4.69) is 19.2 Å². The van der Waals surface area contributed by atoms with Gasteiger partial charge in [0.25, 0.3) is 0 Å². The average Bonchev–Trinajstić information content (AvgIpc) is 2.42. The Hall–Kier alpha value is -1.26. The Bertz CT molecular complexity index is 420. The van der Waals surface area contributed by atoms with Crippen molar-refractivity contribution in [2.24, 2.45) is 5.92 Å². The standard InChI is InChI=1S/C17H29NO3/c1-12(2)8-14(4)21-11-16(19)10-18-15-6-7-17(20-5)13(3)9-15/h6-7,9,12,14,16,18-19H,8,10-11H2,1-5H3. The number of aliphatic hydroxyl groups excluding tert-OH is 1. The Kier molecular flexibility index (Phi) is 7.54. The molecule has 4 nitrogen and oxygen atoms in total. The molecule has 0 aliphatic heterocycles. The van der Waals surface area contributed by atoms with Crippen molar-refractivity contribution in [1.82, 2.24) is 0 Å². The van der Waals surface area contributed by atoms with Crippen LogP contribution in [0.25, 0.3) is 0 Å². The molecule has 21 heavy (non-hydrogen) atoms. The van der Waals surface area contributed by atoms with Crippen LogP contribution >= 0.6 is 0 Å². The van der Waals surface area contributed by atoms with E-state index in [0.717, 1.165) is 23.4 Å². The summed E-state index contributed by atoms with van der Waals surface area (Å²) >= 11 is 0. The van der Waals surface area contributed by atoms with Gasteiger partial charge < -0.3 is 19.9 Å². The molecule has 0 saturated heterocycles. The lowest BCUT2D eigenvalue weighted by molar-refractivity contribution is -0.00443. The summed E-state index contributed by atoms with van der Waals surface area (Å²) in [6.45, 7) is 9.22. The van der Waals surface area contributed by atoms with Gasteiger partial charge in [-0.15, -0.1) is 0 Å². The largest absolute Gasteiger partial charge is 0.496 e. The number of rotatable bonds is 9. The van der Waals surface area contributed by atoms with Gasteiger partial charge in [-0.2, -0.15) is 0 Å². The smallest absolute Gasteiger partial charge is 0.121 e. The van der Waals surface area contributed by atoms with E-state index in [1.165, 1.54) is 0 Å². The molecule has 2 atom stereocenters. The lowest BCUT2D eigenvalue weighted by atomic mass is 10.1. The molecule has 120 valence electrons. The van der Waals surface area contributed by atoms with Crippen LogP contribution in [0.5, 0.6) is 5.75 Å². The van der Waals surface area contributed by atoms with Crippen molar-refractivity contribution < 1.29 is 14.6 Å². The molecule has 0 heterocycles. The van der Waals surface area contributed by atoms with E-state index in [4.69, 9.17) is 9.47 Å². The van der Waals surface area contributed by atoms with Gasteiger partial charge in [0, 0.05) is 12.2 Å². The highest BCUT2D eigenvalue weighted by molar-refractivity contribution is 5.50. The number of anilines is 1. The highest BCUT2D eigenvalue weighted by atomic mass is 16.5. The van der Waals surface area contributed by atoms with Crippen LogP contribution in [0.2, 0.25) is 0 Å². The quantitative estimate of drug-likeness (QED) is 0.734. The van der Waals surface area contributed by atoms with E-state index in [-0.39, 0.29) is 6.10 Å². The lowest BCUT2D eigenvalue weighted by Gasteiger charge is -2.19. The Morgan fingerprint density at radius 3 is 2.52 bits per heavy atom. The molecule has 0 spiro atoms. The number of benzene rings is 1. The molecule has 0 aliphatic rings. The fourth-order valence-electron chi connectivity index (χ4n) is 2.29. The van der Waals surface area contributed by atoms with Crippen molar-refractivity contribution >= 4 is 5.69 Å². The molecule has 4 heteroatoms. The number of aryl methyl sites for hydroxylation is 1. The maximum absolute atomic E-state index is 9.95. The van der Waals surface area contributed by atoms with E-state index in [9.17, 15) is 5.11 Å². The van der Waals surface area contributed by atoms with Crippen molar-refractivity contribution in [3.63, 3.8) is 0 Å². The first kappa shape index (κ1) is 17.8. The molecule has 0 fully saturated rings. The maximum Gasteiger partial charge on any atom is 0.121 e. The Labute approximate surface area is 128 Å². The van der Waals surface area contributed by atoms with Gasteiger partial charge in [0.15, 0.2) is 0 Å². The molecule has 2 unspecified atom stereocenters. The Balaban J connectivity index is 2.32. The van der Waals surface area contributed by atoms with Crippen molar-refractivity contribution in [3.05, 3.63) is 23.8 Å². The maximum atomic E-state index is 9.95. The normalized spacial score (nSPS) is 14.0. The van der Waals surface area contributed by atoms with Crippen LogP contribution in [0, 0.1) is 12.8 Å². The van der Waals surface area contributed by atoms with Crippen molar-refractivity contribution in [2.75, 3.05) is 25.6 Å². The van der Waals surface area contributed by atoms with Crippen molar-refractivity contribution in [3.8, 4) is 5.75 Å². The molecular weight excluding hydrogens is 266 g/mol. The van der Waals surface area contributed by atoms with E-state index in [0.29, 0.717) is 19.1 Å². The van der Waals surface area contributed by atoms with Gasteiger partial charge in [-0.25, -0.2) is 0 Å². The minimum atomic E-state index is -0.512. The summed E-state index contributed by atoms with van der Waals surface area (Å²) in [5.74, 6) is 1.48. The minimum Gasteiger partial charge on any atom is -0.496 e. The molecule has 0 radical (unpaired) electrons. The highest BCUT2D eigenvalue weighted by Gasteiger charge is 2.10. The van der Waals surface area contributed by atoms with Crippen molar-refractivity contribution in [1.29, 1.82) is 0 Å². The summed E-state index contributed by atoms with van der Waals surface area (Å²) in [5, 5.41) is 13.2. The van der Waals surface area contributed by atoms with Crippen LogP contribution in [0.15, 0.2) is 18.2 Å². The molecule has 0 aromatic heterocycles. The van der Waals surface area contributed by atoms with E-state index >= 15 is 0 Å². The van der Waals surface area contributed by atoms with Gasteiger partial charge in [-0.1, -0.05) is 13.8 Å². The molecule has 0 aliphatic carbocycles. The number of aliphatic hydroxyl groups is 1. The third kappa shape index (κ3) is 6.82. The first-order valence-corrected chi connectivity index (χ1v) is 7.60. The number of nitrogens with one attached hydrogen (secondary N) is 1. The summed E-state index contributed by atoms with van der Waals surface area (Å²) in [6.07, 6.45) is 0.683. The Morgan fingerprint density at radius 2 is 1.95 bits per heavy atom. The number of hydrogen-bond acceptors (Lipinski definition) is 4. The van der Waals surface area contributed by atoms with E-state index < -0.39 is 6.10 Å². The second-order valence-electron chi connectivity index (χ2n) is 5.99. The average molecular weight is 295 g/mol. The number of ether oxygens (including phenoxy) is 2. The SMILES string of the molecule is COc1ccc(NCC(O)COC(C)CC(C)C)cc1C. The van der Waals surface area contributed by atoms with Gasteiger partial charge in [-0.05, 0) is 49.9 Å². The summed E-state index contributed by atoms with van der Waals surface area (Å²) in [6, 6.07) is 5.87. The highest BCUT2D eigenvalue weighted by Crippen LogP contribution is 2.21. The van der Waals surface area contributed by atoms with Crippen LogP contribution in [0.1, 0.15) is 32.8 Å². The third-order valence-electron chi connectivity index (χ3n) is 3.31. The Morgan fingerprint density at radius 1 is 1.24 bits per heavy atom. The first-order valence-electron chi connectivity index (χ1n) is 7.60. The fraction of sp³-hybridized carbons (Fsp3) is 0.647. The van der Waals surface area contributed by atoms with Gasteiger partial charge >= 0.3 is 0 Å². The van der Waals surface area contributed by atoms with Gasteiger partial charge in [-0.3, -0.25) is 0 Å². The summed E-state index contributed by atoms with van der Waals surface area (Å²) in [5.41, 5.74) is 2.04. The topological polar surface area (TPSA) is 50.7 Å². The minimum absolute atomic E-state index is 0.183. The predicted molar refractivity (Wildman–Crippen MR) is 87.1 cm³/mol. The molecule has 1 aromatic rings. The van der Waals surface area contributed by atoms with Crippen LogP contribution in [0.4, 0.5) is 5.69 Å². The molecule has 0 amide bonds. The van der Waals surface area contributed by atoms with Gasteiger partial charge in [0.1, 0.15) is 5.75 Å². The molecule has 1 rings (SSSR count). The molecule has 2 N–H and O–H groups in total. The third-order valence-corrected chi connectivity index (χ3v) is 3.31. The zero-order valence-electron chi connectivity index (χ0n) is 13.8. The lowest BCUT2D eigenvalue weighted by Crippen LogP contribution is -2.27. The van der Waals surface area contributed by atoms with E-state index in [1.54, 1.807) is 7.11 Å². The predicted octanol–water partition coefficient (Wildman–Crippen LogP) is 3.23. The van der Waals surface area contributed by atoms with Crippen LogP contribution < -0.4 is 10.1 Å². The molecule has 0 bridgehead atoms. The first-order chi connectivity index (χ1) is 9.92. The van der Waals surface area contributed by atoms with Crippen molar-refractivity contribution in [2.45, 2.75) is 46.3 Å². The summed E-state index contributed by atoms with van der Waals surface area (Å²) in [7, 11) is 1.66. The molecule has 0 saturated carbocycles. The van der Waals surface area contributed by atoms with Crippen LogP contribution in [-0.2, 0) is 4.74 Å². The second-order valence-corrected chi connectivity index (χ2v) is 5.99. The van der Waals surface area contributed by atoms with Gasteiger partial charge in [0.05, 0.1) is 25.9 Å². The fourth-order valence-corrected chi connectivity index (χ4v) is 2.29. The second kappa shape index (κ2) is 8.90. The number of methoxy groups -OCH3 is 1. The zero-order chi connectivity index (χ0) is 15.8. The molecular formula is C17H29NO3. The monoisotopic (exact) mass is 295 g/mol. The van der Waals surface area contributed by atoms with Gasteiger partial charge in [0.2, 0.25) is 0 Å². The van der Waals surface area contributed by atoms with Crippen LogP contribution in [0.3, 0.4) is 0 Å². The van der Waals surface area contributed by atoms with E-state index in [1.807, 2.05) is 32.0 Å². The van der Waals surface area contributed by atoms with Crippen LogP contribution in [-0.4, -0.2) is 37.6 Å². The zero-order valence-corrected chi connectivity index (χ0v) is 13.8.